The van der Waals surface area contributed by atoms with Gasteiger partial charge in [-0.25, -0.2) is 0 Å². The molecule has 0 aromatic heterocycles. The van der Waals surface area contributed by atoms with Gasteiger partial charge in [-0.3, -0.25) is 19.2 Å². The molecular formula is C36H30N2O4. The van der Waals surface area contributed by atoms with E-state index in [9.17, 15) is 19.2 Å². The standard InChI is InChI=1S/C36H30N2O4/c1-23(39)29-21-34(38-32-20-12-10-18-28(32)36(42)26-15-7-4-8-16-26)30(24(2)40)22-33(29)37-31-19-11-9-17-27(31)35(41)25-13-5-3-6-14-25/h3-20,37-38H,21-22H2,1-2H3. The average molecular weight is 555 g/mol. The molecule has 0 saturated heterocycles. The van der Waals surface area contributed by atoms with E-state index in [0.29, 0.717) is 56.2 Å². The number of hydrogen-bond acceptors (Lipinski definition) is 6. The molecule has 5 rings (SSSR count). The third-order valence-electron chi connectivity index (χ3n) is 7.27. The van der Waals surface area contributed by atoms with Crippen molar-refractivity contribution >= 4 is 34.5 Å². The fraction of sp³-hybridized carbons (Fsp3) is 0.111. The lowest BCUT2D eigenvalue weighted by atomic mass is 9.88. The van der Waals surface area contributed by atoms with Crippen LogP contribution in [0.4, 0.5) is 11.4 Å². The van der Waals surface area contributed by atoms with Gasteiger partial charge < -0.3 is 10.6 Å². The minimum atomic E-state index is -0.153. The van der Waals surface area contributed by atoms with Crippen molar-refractivity contribution in [3.05, 3.63) is 154 Å². The monoisotopic (exact) mass is 554 g/mol. The maximum Gasteiger partial charge on any atom is 0.195 e. The van der Waals surface area contributed by atoms with Crippen LogP contribution in [0.5, 0.6) is 0 Å². The Hall–Kier alpha value is -5.36. The summed E-state index contributed by atoms with van der Waals surface area (Å²) in [6.45, 7) is 2.97. The molecule has 4 aromatic carbocycles. The Morgan fingerprint density at radius 2 is 0.810 bits per heavy atom. The lowest BCUT2D eigenvalue weighted by molar-refractivity contribution is -0.115. The van der Waals surface area contributed by atoms with Crippen molar-refractivity contribution in [1.29, 1.82) is 0 Å². The van der Waals surface area contributed by atoms with Gasteiger partial charge in [-0.1, -0.05) is 84.9 Å². The van der Waals surface area contributed by atoms with Gasteiger partial charge >= 0.3 is 0 Å². The molecule has 6 heteroatoms. The van der Waals surface area contributed by atoms with Crippen LogP contribution in [0, 0.1) is 0 Å². The predicted molar refractivity (Wildman–Crippen MR) is 165 cm³/mol. The van der Waals surface area contributed by atoms with Crippen LogP contribution in [0.15, 0.2) is 132 Å². The molecule has 0 bridgehead atoms. The molecule has 0 radical (unpaired) electrons. The van der Waals surface area contributed by atoms with Crippen LogP contribution in [-0.4, -0.2) is 23.1 Å². The molecule has 208 valence electrons. The van der Waals surface area contributed by atoms with Crippen LogP contribution in [0.3, 0.4) is 0 Å². The van der Waals surface area contributed by atoms with Gasteiger partial charge in [0.2, 0.25) is 0 Å². The molecule has 0 unspecified atom stereocenters. The first-order valence-electron chi connectivity index (χ1n) is 13.7. The maximum absolute atomic E-state index is 13.3. The van der Waals surface area contributed by atoms with Gasteiger partial charge in [-0.2, -0.15) is 0 Å². The van der Waals surface area contributed by atoms with Crippen molar-refractivity contribution in [3.8, 4) is 0 Å². The molecule has 0 spiro atoms. The van der Waals surface area contributed by atoms with E-state index in [1.807, 2.05) is 48.5 Å². The third-order valence-corrected chi connectivity index (χ3v) is 7.27. The number of anilines is 2. The van der Waals surface area contributed by atoms with E-state index in [4.69, 9.17) is 0 Å². The van der Waals surface area contributed by atoms with Crippen LogP contribution < -0.4 is 10.6 Å². The topological polar surface area (TPSA) is 92.3 Å². The summed E-state index contributed by atoms with van der Waals surface area (Å²) in [7, 11) is 0. The molecule has 0 atom stereocenters. The predicted octanol–water partition coefficient (Wildman–Crippen LogP) is 7.15. The second-order valence-electron chi connectivity index (χ2n) is 10.1. The van der Waals surface area contributed by atoms with Crippen molar-refractivity contribution in [3.63, 3.8) is 0 Å². The summed E-state index contributed by atoms with van der Waals surface area (Å²) >= 11 is 0. The highest BCUT2D eigenvalue weighted by atomic mass is 16.1. The first kappa shape index (κ1) is 28.2. The Bertz CT molecular complexity index is 1620. The molecule has 0 fully saturated rings. The molecule has 2 N–H and O–H groups in total. The minimum absolute atomic E-state index is 0.149. The quantitative estimate of drug-likeness (QED) is 0.202. The smallest absolute Gasteiger partial charge is 0.195 e. The van der Waals surface area contributed by atoms with E-state index < -0.39 is 0 Å². The fourth-order valence-corrected chi connectivity index (χ4v) is 5.09. The number of allylic oxidation sites excluding steroid dienone is 2. The van der Waals surface area contributed by atoms with Gasteiger partial charge in [-0.05, 0) is 38.1 Å². The number of benzene rings is 4. The number of para-hydroxylation sites is 2. The second kappa shape index (κ2) is 12.4. The van der Waals surface area contributed by atoms with E-state index in [1.165, 1.54) is 13.8 Å². The molecule has 0 aliphatic heterocycles. The summed E-state index contributed by atoms with van der Waals surface area (Å²) in [5, 5.41) is 6.64. The summed E-state index contributed by atoms with van der Waals surface area (Å²) in [5.41, 5.74) is 5.27. The first-order chi connectivity index (χ1) is 20.3. The zero-order valence-electron chi connectivity index (χ0n) is 23.4. The molecule has 6 nitrogen and oxygen atoms in total. The molecule has 4 aromatic rings. The number of hydrogen-bond donors (Lipinski definition) is 2. The molecule has 0 saturated carbocycles. The maximum atomic E-state index is 13.3. The Kier molecular flexibility index (Phi) is 8.34. The van der Waals surface area contributed by atoms with Gasteiger partial charge in [0.25, 0.3) is 0 Å². The van der Waals surface area contributed by atoms with Gasteiger partial charge in [0.15, 0.2) is 23.1 Å². The SMILES string of the molecule is CC(=O)C1=C(Nc2ccccc2C(=O)c2ccccc2)CC(C(C)=O)=C(Nc2ccccc2C(=O)c2ccccc2)C1. The molecule has 0 amide bonds. The number of rotatable bonds is 10. The lowest BCUT2D eigenvalue weighted by Gasteiger charge is -2.27. The summed E-state index contributed by atoms with van der Waals surface area (Å²) in [4.78, 5) is 52.5. The first-order valence-corrected chi connectivity index (χ1v) is 13.7. The van der Waals surface area contributed by atoms with Crippen molar-refractivity contribution in [2.75, 3.05) is 10.6 Å². The van der Waals surface area contributed by atoms with Crippen molar-refractivity contribution in [2.45, 2.75) is 26.7 Å². The second-order valence-corrected chi connectivity index (χ2v) is 10.1. The van der Waals surface area contributed by atoms with Gasteiger partial charge in [0, 0.05) is 69.0 Å². The highest BCUT2D eigenvalue weighted by Crippen LogP contribution is 2.35. The number of Topliss-reactive ketones (excluding diaryl/α,β-unsaturated/α-hetero) is 2. The van der Waals surface area contributed by atoms with Crippen LogP contribution in [0.2, 0.25) is 0 Å². The van der Waals surface area contributed by atoms with Crippen molar-refractivity contribution < 1.29 is 19.2 Å². The zero-order valence-corrected chi connectivity index (χ0v) is 23.4. The summed E-state index contributed by atoms with van der Waals surface area (Å²) in [5.74, 6) is -0.604. The highest BCUT2D eigenvalue weighted by Gasteiger charge is 2.27. The highest BCUT2D eigenvalue weighted by molar-refractivity contribution is 6.13. The Balaban J connectivity index is 1.48. The zero-order chi connectivity index (χ0) is 29.6. The van der Waals surface area contributed by atoms with Crippen LogP contribution in [0.1, 0.15) is 58.5 Å². The van der Waals surface area contributed by atoms with Crippen LogP contribution >= 0.6 is 0 Å². The number of carbonyl (C=O) groups excluding carboxylic acids is 4. The summed E-state index contributed by atoms with van der Waals surface area (Å²) in [6.07, 6.45) is 0.324. The van der Waals surface area contributed by atoms with Gasteiger partial charge in [0.05, 0.1) is 0 Å². The molecule has 1 aliphatic rings. The third kappa shape index (κ3) is 6.03. The van der Waals surface area contributed by atoms with E-state index in [-0.39, 0.29) is 36.0 Å². The fourth-order valence-electron chi connectivity index (χ4n) is 5.09. The normalized spacial score (nSPS) is 13.0. The van der Waals surface area contributed by atoms with Crippen molar-refractivity contribution in [2.24, 2.45) is 0 Å². The van der Waals surface area contributed by atoms with Crippen LogP contribution in [0.25, 0.3) is 0 Å². The summed E-state index contributed by atoms with van der Waals surface area (Å²) < 4.78 is 0. The summed E-state index contributed by atoms with van der Waals surface area (Å²) in [6, 6.07) is 32.3. The van der Waals surface area contributed by atoms with Crippen LogP contribution in [-0.2, 0) is 9.59 Å². The lowest BCUT2D eigenvalue weighted by Crippen LogP contribution is -2.22. The Labute approximate surface area is 244 Å². The molecule has 0 heterocycles. The van der Waals surface area contributed by atoms with Gasteiger partial charge in [0.1, 0.15) is 0 Å². The van der Waals surface area contributed by atoms with E-state index in [1.54, 1.807) is 60.7 Å². The largest absolute Gasteiger partial charge is 0.358 e. The Morgan fingerprint density at radius 1 is 0.476 bits per heavy atom. The van der Waals surface area contributed by atoms with E-state index >= 15 is 0 Å². The van der Waals surface area contributed by atoms with Gasteiger partial charge in [-0.15, -0.1) is 0 Å². The minimum Gasteiger partial charge on any atom is -0.358 e. The number of carbonyl (C=O) groups is 4. The number of nitrogens with one attached hydrogen (secondary N) is 2. The molecule has 42 heavy (non-hydrogen) atoms. The molecular weight excluding hydrogens is 524 g/mol. The van der Waals surface area contributed by atoms with Crippen molar-refractivity contribution in [1.82, 2.24) is 0 Å². The number of ketones is 4. The van der Waals surface area contributed by atoms with E-state index in [0.717, 1.165) is 0 Å². The molecule has 1 aliphatic carbocycles. The Morgan fingerprint density at radius 3 is 1.17 bits per heavy atom. The van der Waals surface area contributed by atoms with E-state index in [2.05, 4.69) is 10.6 Å². The average Bonchev–Trinajstić information content (AvgIpc) is 3.02.